The Kier molecular flexibility index (Phi) is 7.15. The molecule has 182 valence electrons. The molecule has 0 radical (unpaired) electrons. The normalized spacial score (nSPS) is 21.4. The fourth-order valence-corrected chi connectivity index (χ4v) is 4.81. The van der Waals surface area contributed by atoms with E-state index < -0.39 is 17.6 Å². The van der Waals surface area contributed by atoms with Gasteiger partial charge in [-0.05, 0) is 42.6 Å². The number of alkyl halides is 3. The first kappa shape index (κ1) is 24.5. The highest BCUT2D eigenvalue weighted by atomic mass is 35.5. The first-order valence-corrected chi connectivity index (χ1v) is 12.3. The molecule has 3 heterocycles. The van der Waals surface area contributed by atoms with E-state index in [4.69, 9.17) is 16.3 Å². The van der Waals surface area contributed by atoms with Crippen LogP contribution >= 0.6 is 11.6 Å². The number of rotatable bonds is 5. The van der Waals surface area contributed by atoms with Crippen molar-refractivity contribution in [2.24, 2.45) is 0 Å². The number of hydrogen-bond acceptors (Lipinski definition) is 4. The van der Waals surface area contributed by atoms with Crippen LogP contribution in [0, 0.1) is 5.82 Å². The molecule has 0 saturated carbocycles. The number of hydrogen-bond donors (Lipinski definition) is 2. The summed E-state index contributed by atoms with van der Waals surface area (Å²) in [6.45, 7) is 0.227. The molecule has 1 saturated heterocycles. The lowest BCUT2D eigenvalue weighted by molar-refractivity contribution is -0.137. The predicted octanol–water partition coefficient (Wildman–Crippen LogP) is 3.29. The van der Waals surface area contributed by atoms with Crippen molar-refractivity contribution in [1.29, 1.82) is 0 Å². The highest BCUT2D eigenvalue weighted by Gasteiger charge is 2.31. The second-order valence-electron chi connectivity index (χ2n) is 8.40. The quantitative estimate of drug-likeness (QED) is 0.405. The first-order valence-electron chi connectivity index (χ1n) is 10.8. The van der Waals surface area contributed by atoms with Crippen molar-refractivity contribution in [2.75, 3.05) is 13.2 Å². The Morgan fingerprint density at radius 1 is 1.29 bits per heavy atom. The molecule has 1 fully saturated rings. The standard InChI is InChI=1S/C22H23ClF4N4O2Si/c23-14-2-1-13(8-15(14)24)33-11-21(32)30-17-9-28-16(3-4-19(17)34)18-10-31-6-5-12(22(25,26)27)7-20(31)29-18/h1-2,5-8,10,16-17,19,28H,3-4,9,11H2,34H3,(H,30,32)/t16-,17?,19?/m1/s1. The topological polar surface area (TPSA) is 67.7 Å². The third-order valence-corrected chi connectivity index (χ3v) is 7.64. The maximum atomic E-state index is 13.5. The van der Waals surface area contributed by atoms with Gasteiger partial charge < -0.3 is 19.8 Å². The summed E-state index contributed by atoms with van der Waals surface area (Å²) in [6.07, 6.45) is 0.242. The van der Waals surface area contributed by atoms with Gasteiger partial charge in [0.1, 0.15) is 17.2 Å². The summed E-state index contributed by atoms with van der Waals surface area (Å²) in [5.74, 6) is -0.743. The Hall–Kier alpha value is -2.63. The number of ether oxygens (including phenoxy) is 1. The predicted molar refractivity (Wildman–Crippen MR) is 123 cm³/mol. The van der Waals surface area contributed by atoms with Crippen LogP contribution < -0.4 is 15.4 Å². The van der Waals surface area contributed by atoms with Gasteiger partial charge in [0.15, 0.2) is 6.61 Å². The highest BCUT2D eigenvalue weighted by Crippen LogP contribution is 2.31. The number of aromatic nitrogens is 2. The molecule has 3 atom stereocenters. The van der Waals surface area contributed by atoms with Crippen molar-refractivity contribution in [3.8, 4) is 5.75 Å². The lowest BCUT2D eigenvalue weighted by Gasteiger charge is -2.22. The van der Waals surface area contributed by atoms with E-state index in [0.717, 1.165) is 41.3 Å². The van der Waals surface area contributed by atoms with Crippen molar-refractivity contribution in [2.45, 2.75) is 36.6 Å². The van der Waals surface area contributed by atoms with Gasteiger partial charge in [-0.1, -0.05) is 11.6 Å². The van der Waals surface area contributed by atoms with E-state index in [0.29, 0.717) is 12.2 Å². The molecule has 0 bridgehead atoms. The average molecular weight is 515 g/mol. The van der Waals surface area contributed by atoms with E-state index in [9.17, 15) is 22.4 Å². The van der Waals surface area contributed by atoms with Gasteiger partial charge in [0.05, 0.1) is 22.3 Å². The van der Waals surface area contributed by atoms with Crippen LogP contribution in [0.1, 0.15) is 30.1 Å². The summed E-state index contributed by atoms with van der Waals surface area (Å²) in [4.78, 5) is 16.8. The summed E-state index contributed by atoms with van der Waals surface area (Å²) in [5.41, 5.74) is 0.437. The Labute approximate surface area is 201 Å². The minimum absolute atomic E-state index is 0.0268. The van der Waals surface area contributed by atoms with Crippen LogP contribution in [-0.2, 0) is 11.0 Å². The van der Waals surface area contributed by atoms with Gasteiger partial charge in [-0.2, -0.15) is 13.2 Å². The Balaban J connectivity index is 1.36. The van der Waals surface area contributed by atoms with Crippen LogP contribution in [0.15, 0.2) is 42.7 Å². The molecule has 1 aliphatic heterocycles. The van der Waals surface area contributed by atoms with E-state index in [1.165, 1.54) is 18.3 Å². The Morgan fingerprint density at radius 2 is 2.09 bits per heavy atom. The summed E-state index contributed by atoms with van der Waals surface area (Å²) < 4.78 is 59.4. The first-order chi connectivity index (χ1) is 16.1. The van der Waals surface area contributed by atoms with Crippen LogP contribution in [0.25, 0.3) is 5.65 Å². The lowest BCUT2D eigenvalue weighted by Crippen LogP contribution is -2.45. The lowest BCUT2D eigenvalue weighted by atomic mass is 10.1. The number of carbonyl (C=O) groups excluding carboxylic acids is 1. The molecule has 1 amide bonds. The molecule has 4 rings (SSSR count). The van der Waals surface area contributed by atoms with Crippen LogP contribution in [0.3, 0.4) is 0 Å². The van der Waals surface area contributed by atoms with Crippen LogP contribution in [0.5, 0.6) is 5.75 Å². The zero-order chi connectivity index (χ0) is 24.5. The zero-order valence-corrected chi connectivity index (χ0v) is 21.0. The molecule has 12 heteroatoms. The minimum atomic E-state index is -4.43. The zero-order valence-electron chi connectivity index (χ0n) is 18.2. The number of carbonyl (C=O) groups is 1. The fourth-order valence-electron chi connectivity index (χ4n) is 3.96. The molecular formula is C22H23ClF4N4O2Si. The van der Waals surface area contributed by atoms with E-state index in [1.54, 1.807) is 10.6 Å². The van der Waals surface area contributed by atoms with Crippen LogP contribution in [-0.4, -0.2) is 44.7 Å². The van der Waals surface area contributed by atoms with Gasteiger partial charge in [-0.15, -0.1) is 0 Å². The van der Waals surface area contributed by atoms with Crippen molar-refractivity contribution in [3.63, 3.8) is 0 Å². The van der Waals surface area contributed by atoms with E-state index in [2.05, 4.69) is 15.6 Å². The fraction of sp³-hybridized carbons (Fsp3) is 0.364. The number of imidazole rings is 1. The van der Waals surface area contributed by atoms with Crippen molar-refractivity contribution < 1.29 is 27.1 Å². The monoisotopic (exact) mass is 514 g/mol. The van der Waals surface area contributed by atoms with Gasteiger partial charge in [0.25, 0.3) is 5.91 Å². The smallest absolute Gasteiger partial charge is 0.416 e. The highest BCUT2D eigenvalue weighted by molar-refractivity contribution is 6.30. The molecule has 34 heavy (non-hydrogen) atoms. The second kappa shape index (κ2) is 9.93. The molecule has 1 aliphatic rings. The third-order valence-electron chi connectivity index (χ3n) is 5.95. The largest absolute Gasteiger partial charge is 0.484 e. The van der Waals surface area contributed by atoms with Crippen molar-refractivity contribution in [1.82, 2.24) is 20.0 Å². The van der Waals surface area contributed by atoms with Crippen LogP contribution in [0.4, 0.5) is 17.6 Å². The third kappa shape index (κ3) is 5.70. The van der Waals surface area contributed by atoms with Crippen LogP contribution in [0.2, 0.25) is 10.6 Å². The molecule has 2 unspecified atom stereocenters. The van der Waals surface area contributed by atoms with Gasteiger partial charge in [-0.25, -0.2) is 9.37 Å². The SMILES string of the molecule is O=C(COc1ccc(Cl)c(F)c1)NC1CN[C@@H](c2cn3ccc(C(F)(F)F)cc3n2)CCC1[SiH3]. The number of nitrogens with one attached hydrogen (secondary N) is 2. The Morgan fingerprint density at radius 3 is 2.82 bits per heavy atom. The Bertz CT molecular complexity index is 1190. The van der Waals surface area contributed by atoms with Crippen molar-refractivity contribution in [3.05, 3.63) is 64.8 Å². The molecule has 1 aromatic carbocycles. The molecule has 6 nitrogen and oxygen atoms in total. The minimum Gasteiger partial charge on any atom is -0.484 e. The summed E-state index contributed by atoms with van der Waals surface area (Å²) >= 11 is 5.64. The summed E-state index contributed by atoms with van der Waals surface area (Å²) in [6, 6.07) is 5.76. The molecule has 0 spiro atoms. The number of pyridine rings is 1. The molecule has 3 aromatic rings. The molecule has 2 aromatic heterocycles. The average Bonchev–Trinajstić information content (AvgIpc) is 3.13. The maximum absolute atomic E-state index is 13.5. The molecule has 0 aliphatic carbocycles. The maximum Gasteiger partial charge on any atom is 0.416 e. The number of benzene rings is 1. The molecular weight excluding hydrogens is 492 g/mol. The van der Waals surface area contributed by atoms with Gasteiger partial charge in [-0.3, -0.25) is 4.79 Å². The van der Waals surface area contributed by atoms with Gasteiger partial charge in [0, 0.05) is 41.3 Å². The number of halogens is 5. The number of nitrogens with zero attached hydrogens (tertiary/aromatic N) is 2. The number of fused-ring (bicyclic) bond motifs is 1. The van der Waals surface area contributed by atoms with E-state index in [1.807, 2.05) is 0 Å². The van der Waals surface area contributed by atoms with Crippen molar-refractivity contribution >= 4 is 33.4 Å². The summed E-state index contributed by atoms with van der Waals surface area (Å²) in [5, 5.41) is 6.32. The summed E-state index contributed by atoms with van der Waals surface area (Å²) in [7, 11) is 0.844. The van der Waals surface area contributed by atoms with E-state index in [-0.39, 0.29) is 46.6 Å². The second-order valence-corrected chi connectivity index (χ2v) is 10.3. The molecule has 2 N–H and O–H groups in total. The van der Waals surface area contributed by atoms with Gasteiger partial charge >= 0.3 is 6.18 Å². The van der Waals surface area contributed by atoms with E-state index >= 15 is 0 Å². The van der Waals surface area contributed by atoms with Gasteiger partial charge in [0.2, 0.25) is 0 Å². The number of amides is 1.